The van der Waals surface area contributed by atoms with E-state index in [0.717, 1.165) is 38.0 Å². The summed E-state index contributed by atoms with van der Waals surface area (Å²) in [7, 11) is 1.69. The molecule has 0 aliphatic carbocycles. The Morgan fingerprint density at radius 3 is 2.86 bits per heavy atom. The van der Waals surface area contributed by atoms with E-state index in [1.165, 1.54) is 5.69 Å². The smallest absolute Gasteiger partial charge is 0.166 e. The third-order valence-corrected chi connectivity index (χ3v) is 2.32. The zero-order chi connectivity index (χ0) is 10.4. The van der Waals surface area contributed by atoms with Crippen molar-refractivity contribution in [1.82, 2.24) is 4.57 Å². The first-order valence-electron chi connectivity index (χ1n) is 4.96. The second-order valence-electron chi connectivity index (χ2n) is 3.22. The van der Waals surface area contributed by atoms with Crippen LogP contribution in [-0.2, 0) is 17.7 Å². The van der Waals surface area contributed by atoms with Crippen molar-refractivity contribution in [3.8, 4) is 0 Å². The van der Waals surface area contributed by atoms with Gasteiger partial charge in [0.05, 0.1) is 5.69 Å². The number of aromatic nitrogens is 1. The van der Waals surface area contributed by atoms with Crippen molar-refractivity contribution in [2.24, 2.45) is 0 Å². The molecule has 0 aliphatic heterocycles. The van der Waals surface area contributed by atoms with E-state index >= 15 is 0 Å². The summed E-state index contributed by atoms with van der Waals surface area (Å²) in [6.07, 6.45) is 2.81. The molecule has 0 aromatic carbocycles. The first-order valence-corrected chi connectivity index (χ1v) is 4.96. The summed E-state index contributed by atoms with van der Waals surface area (Å²) in [4.78, 5) is 10.7. The minimum atomic E-state index is 0.736. The van der Waals surface area contributed by atoms with E-state index < -0.39 is 0 Å². The number of aldehydes is 1. The van der Waals surface area contributed by atoms with Crippen LogP contribution < -0.4 is 0 Å². The van der Waals surface area contributed by atoms with Crippen molar-refractivity contribution in [1.29, 1.82) is 0 Å². The van der Waals surface area contributed by atoms with Gasteiger partial charge in [-0.25, -0.2) is 0 Å². The molecule has 14 heavy (non-hydrogen) atoms. The molecule has 0 spiro atoms. The second kappa shape index (κ2) is 5.60. The lowest BCUT2D eigenvalue weighted by Crippen LogP contribution is -2.07. The van der Waals surface area contributed by atoms with E-state index in [1.807, 2.05) is 12.1 Å². The van der Waals surface area contributed by atoms with Crippen molar-refractivity contribution in [2.75, 3.05) is 13.7 Å². The molecule has 0 unspecified atom stereocenters. The fourth-order valence-corrected chi connectivity index (χ4v) is 1.58. The Hall–Kier alpha value is -1.09. The lowest BCUT2D eigenvalue weighted by atomic mass is 10.3. The predicted molar refractivity (Wildman–Crippen MR) is 55.7 cm³/mol. The molecule has 0 amide bonds. The standard InChI is InChI=1S/C11H17NO2/c1-3-10-5-6-11(9-13)12(10)7-4-8-14-2/h5-6,9H,3-4,7-8H2,1-2H3. The molecule has 0 radical (unpaired) electrons. The van der Waals surface area contributed by atoms with Crippen molar-refractivity contribution in [3.05, 3.63) is 23.5 Å². The second-order valence-corrected chi connectivity index (χ2v) is 3.22. The van der Waals surface area contributed by atoms with Gasteiger partial charge >= 0.3 is 0 Å². The van der Waals surface area contributed by atoms with Crippen molar-refractivity contribution < 1.29 is 9.53 Å². The summed E-state index contributed by atoms with van der Waals surface area (Å²) in [5.41, 5.74) is 1.97. The maximum absolute atomic E-state index is 10.7. The third kappa shape index (κ3) is 2.45. The molecule has 3 nitrogen and oxygen atoms in total. The molecule has 0 atom stereocenters. The fourth-order valence-electron chi connectivity index (χ4n) is 1.58. The van der Waals surface area contributed by atoms with Crippen molar-refractivity contribution in [2.45, 2.75) is 26.3 Å². The highest BCUT2D eigenvalue weighted by Gasteiger charge is 2.04. The van der Waals surface area contributed by atoms with E-state index in [-0.39, 0.29) is 0 Å². The third-order valence-electron chi connectivity index (χ3n) is 2.32. The lowest BCUT2D eigenvalue weighted by molar-refractivity contribution is 0.111. The Morgan fingerprint density at radius 1 is 1.50 bits per heavy atom. The van der Waals surface area contributed by atoms with Gasteiger partial charge in [0.25, 0.3) is 0 Å². The normalized spacial score (nSPS) is 10.4. The van der Waals surface area contributed by atoms with E-state index in [9.17, 15) is 4.79 Å². The zero-order valence-corrected chi connectivity index (χ0v) is 8.82. The van der Waals surface area contributed by atoms with E-state index in [4.69, 9.17) is 4.74 Å². The predicted octanol–water partition coefficient (Wildman–Crippen LogP) is 1.90. The topological polar surface area (TPSA) is 31.2 Å². The molecule has 0 N–H and O–H groups in total. The minimum Gasteiger partial charge on any atom is -0.385 e. The van der Waals surface area contributed by atoms with E-state index in [1.54, 1.807) is 7.11 Å². The average molecular weight is 195 g/mol. The highest BCUT2D eigenvalue weighted by molar-refractivity contribution is 5.72. The Morgan fingerprint density at radius 2 is 2.29 bits per heavy atom. The SMILES string of the molecule is CCc1ccc(C=O)n1CCCOC. The molecule has 1 aromatic heterocycles. The first kappa shape index (κ1) is 11.0. The number of nitrogens with zero attached hydrogens (tertiary/aromatic N) is 1. The summed E-state index contributed by atoms with van der Waals surface area (Å²) >= 11 is 0. The fraction of sp³-hybridized carbons (Fsp3) is 0.545. The molecule has 0 aliphatic rings. The van der Waals surface area contributed by atoms with Gasteiger partial charge in [0.2, 0.25) is 0 Å². The van der Waals surface area contributed by atoms with Gasteiger partial charge in [0.15, 0.2) is 6.29 Å². The van der Waals surface area contributed by atoms with Crippen molar-refractivity contribution >= 4 is 6.29 Å². The zero-order valence-electron chi connectivity index (χ0n) is 8.82. The largest absolute Gasteiger partial charge is 0.385 e. The number of carbonyl (C=O) groups is 1. The summed E-state index contributed by atoms with van der Waals surface area (Å²) in [6.45, 7) is 3.69. The Kier molecular flexibility index (Phi) is 4.40. The lowest BCUT2D eigenvalue weighted by Gasteiger charge is -2.09. The van der Waals surface area contributed by atoms with Crippen LogP contribution in [0.2, 0.25) is 0 Å². The number of ether oxygens (including phenoxy) is 1. The molecule has 0 bridgehead atoms. The number of methoxy groups -OCH3 is 1. The number of hydrogen-bond acceptors (Lipinski definition) is 2. The van der Waals surface area contributed by atoms with Crippen LogP contribution in [0.5, 0.6) is 0 Å². The monoisotopic (exact) mass is 195 g/mol. The van der Waals surface area contributed by atoms with Crippen LogP contribution in [-0.4, -0.2) is 24.6 Å². The van der Waals surface area contributed by atoms with Crippen LogP contribution in [0.4, 0.5) is 0 Å². The summed E-state index contributed by atoms with van der Waals surface area (Å²) < 4.78 is 7.05. The molecule has 0 saturated carbocycles. The minimum absolute atomic E-state index is 0.736. The molecule has 78 valence electrons. The highest BCUT2D eigenvalue weighted by atomic mass is 16.5. The van der Waals surface area contributed by atoms with Gasteiger partial charge in [-0.15, -0.1) is 0 Å². The van der Waals surface area contributed by atoms with Gasteiger partial charge in [-0.3, -0.25) is 4.79 Å². The Labute approximate surface area is 84.7 Å². The molecule has 1 aromatic rings. The van der Waals surface area contributed by atoms with Crippen LogP contribution in [0, 0.1) is 0 Å². The molecular formula is C11H17NO2. The van der Waals surface area contributed by atoms with Gasteiger partial charge in [-0.05, 0) is 25.0 Å². The first-order chi connectivity index (χ1) is 6.83. The summed E-state index contributed by atoms with van der Waals surface area (Å²) in [6, 6.07) is 3.88. The summed E-state index contributed by atoms with van der Waals surface area (Å²) in [5.74, 6) is 0. The van der Waals surface area contributed by atoms with Gasteiger partial charge in [0, 0.05) is 26.0 Å². The highest BCUT2D eigenvalue weighted by Crippen LogP contribution is 2.09. The summed E-state index contributed by atoms with van der Waals surface area (Å²) in [5, 5.41) is 0. The molecule has 1 rings (SSSR count). The molecular weight excluding hydrogens is 178 g/mol. The number of carbonyl (C=O) groups excluding carboxylic acids is 1. The number of hydrogen-bond donors (Lipinski definition) is 0. The molecule has 0 saturated heterocycles. The van der Waals surface area contributed by atoms with Crippen LogP contribution >= 0.6 is 0 Å². The van der Waals surface area contributed by atoms with Gasteiger partial charge in [-0.2, -0.15) is 0 Å². The van der Waals surface area contributed by atoms with E-state index in [0.29, 0.717) is 0 Å². The van der Waals surface area contributed by atoms with Crippen LogP contribution in [0.15, 0.2) is 12.1 Å². The quantitative estimate of drug-likeness (QED) is 0.513. The Balaban J connectivity index is 2.70. The van der Waals surface area contributed by atoms with Gasteiger partial charge < -0.3 is 9.30 Å². The van der Waals surface area contributed by atoms with Crippen LogP contribution in [0.3, 0.4) is 0 Å². The van der Waals surface area contributed by atoms with Crippen LogP contribution in [0.1, 0.15) is 29.5 Å². The maximum Gasteiger partial charge on any atom is 0.166 e. The van der Waals surface area contributed by atoms with Gasteiger partial charge in [0.1, 0.15) is 0 Å². The van der Waals surface area contributed by atoms with Crippen molar-refractivity contribution in [3.63, 3.8) is 0 Å². The van der Waals surface area contributed by atoms with Crippen LogP contribution in [0.25, 0.3) is 0 Å². The molecule has 0 fully saturated rings. The molecule has 1 heterocycles. The Bertz CT molecular complexity index is 291. The number of rotatable bonds is 6. The number of aryl methyl sites for hydroxylation is 1. The van der Waals surface area contributed by atoms with E-state index in [2.05, 4.69) is 11.5 Å². The average Bonchev–Trinajstić information content (AvgIpc) is 2.60. The van der Waals surface area contributed by atoms with Gasteiger partial charge in [-0.1, -0.05) is 6.92 Å². The molecule has 3 heteroatoms. The maximum atomic E-state index is 10.7.